The number of nitrogens with zero attached hydrogens (tertiary/aromatic N) is 3. The summed E-state index contributed by atoms with van der Waals surface area (Å²) in [5.41, 5.74) is 9.88. The standard InChI is InChI=1S/C19H24NSi.C18H15N2.Ir/c1-21(2,3)19-14-20-18(16-11-5-4-6-12-16)13-17(19)15-9-7-8-10-15;1-13-10-17(11-14(2)20-13)18-9-8-16(12-19-18)15-6-4-3-5-7-15;/h4-6,11,13-15H,7-10H2,1-3H3;3-10,12H,1-2H3;/q2*-1;. The SMILES string of the molecule is C[Si](C)(C)c1cnc(-c2[c-]cccc2)cc1C1CCCC1.Cc1[c-]c(-c2ccc(-c3ccccc3)cn2)cc(C)n1.[Ir]. The third-order valence-electron chi connectivity index (χ3n) is 7.68. The van der Waals surface area contributed by atoms with E-state index in [1.165, 1.54) is 31.2 Å². The van der Waals surface area contributed by atoms with Crippen molar-refractivity contribution in [2.24, 2.45) is 0 Å². The van der Waals surface area contributed by atoms with Crippen molar-refractivity contribution in [3.05, 3.63) is 120 Å². The molecule has 1 aliphatic carbocycles. The molecule has 0 spiro atoms. The minimum atomic E-state index is -1.34. The van der Waals surface area contributed by atoms with Gasteiger partial charge in [0.25, 0.3) is 0 Å². The van der Waals surface area contributed by atoms with Crippen molar-refractivity contribution in [2.45, 2.75) is 65.1 Å². The fourth-order valence-electron chi connectivity index (χ4n) is 5.63. The maximum Gasteiger partial charge on any atom is 0.0799 e. The summed E-state index contributed by atoms with van der Waals surface area (Å²) >= 11 is 0. The van der Waals surface area contributed by atoms with Crippen LogP contribution in [0.2, 0.25) is 19.6 Å². The van der Waals surface area contributed by atoms with E-state index < -0.39 is 8.07 Å². The molecule has 3 nitrogen and oxygen atoms in total. The summed E-state index contributed by atoms with van der Waals surface area (Å²) in [6, 6.07) is 33.5. The third-order valence-corrected chi connectivity index (χ3v) is 9.72. The van der Waals surface area contributed by atoms with Crippen LogP contribution in [0, 0.1) is 26.0 Å². The first-order valence-electron chi connectivity index (χ1n) is 14.6. The van der Waals surface area contributed by atoms with Gasteiger partial charge in [0, 0.05) is 32.5 Å². The Morgan fingerprint density at radius 3 is 2.07 bits per heavy atom. The number of aromatic nitrogens is 3. The Balaban J connectivity index is 0.000000189. The topological polar surface area (TPSA) is 38.7 Å². The minimum absolute atomic E-state index is 0. The summed E-state index contributed by atoms with van der Waals surface area (Å²) in [6.07, 6.45) is 9.52. The van der Waals surface area contributed by atoms with Gasteiger partial charge in [-0.25, -0.2) is 0 Å². The molecular weight excluding hydrogens is 707 g/mol. The summed E-state index contributed by atoms with van der Waals surface area (Å²) in [6.45, 7) is 11.2. The molecule has 6 rings (SSSR count). The number of hydrogen-bond acceptors (Lipinski definition) is 3. The van der Waals surface area contributed by atoms with E-state index in [1.54, 1.807) is 10.8 Å². The molecule has 5 heteroatoms. The molecule has 0 atom stereocenters. The Kier molecular flexibility index (Phi) is 10.8. The molecule has 0 aliphatic heterocycles. The van der Waals surface area contributed by atoms with Gasteiger partial charge in [0.05, 0.1) is 8.07 Å². The van der Waals surface area contributed by atoms with Gasteiger partial charge in [0.2, 0.25) is 0 Å². The van der Waals surface area contributed by atoms with Gasteiger partial charge in [-0.3, -0.25) is 4.98 Å². The van der Waals surface area contributed by atoms with Crippen molar-refractivity contribution in [2.75, 3.05) is 0 Å². The van der Waals surface area contributed by atoms with Crippen LogP contribution in [0.3, 0.4) is 0 Å². The Bertz CT molecular complexity index is 1550. The molecule has 1 fully saturated rings. The quantitative estimate of drug-likeness (QED) is 0.133. The molecule has 1 saturated carbocycles. The second-order valence-electron chi connectivity index (χ2n) is 12.0. The van der Waals surface area contributed by atoms with Gasteiger partial charge in [-0.05, 0) is 71.7 Å². The van der Waals surface area contributed by atoms with E-state index in [0.29, 0.717) is 0 Å². The second-order valence-corrected chi connectivity index (χ2v) is 17.0. The second kappa shape index (κ2) is 14.3. The van der Waals surface area contributed by atoms with Crippen molar-refractivity contribution >= 4 is 13.3 Å². The van der Waals surface area contributed by atoms with Gasteiger partial charge in [0.1, 0.15) is 0 Å². The van der Waals surface area contributed by atoms with Crippen molar-refractivity contribution in [3.63, 3.8) is 0 Å². The molecular formula is C37H39IrN3Si-2. The predicted octanol–water partition coefficient (Wildman–Crippen LogP) is 8.98. The maximum atomic E-state index is 4.75. The molecule has 1 aliphatic rings. The van der Waals surface area contributed by atoms with Crippen LogP contribution in [0.1, 0.15) is 48.6 Å². The average Bonchev–Trinajstić information content (AvgIpc) is 3.53. The zero-order valence-corrected chi connectivity index (χ0v) is 28.6. The molecule has 1 radical (unpaired) electrons. The Morgan fingerprint density at radius 1 is 0.738 bits per heavy atom. The fourth-order valence-corrected chi connectivity index (χ4v) is 7.22. The number of hydrogen-bond donors (Lipinski definition) is 0. The summed E-state index contributed by atoms with van der Waals surface area (Å²) < 4.78 is 0. The van der Waals surface area contributed by atoms with E-state index in [-0.39, 0.29) is 20.1 Å². The van der Waals surface area contributed by atoms with Crippen LogP contribution in [0.15, 0.2) is 91.3 Å². The van der Waals surface area contributed by atoms with Crippen LogP contribution in [0.25, 0.3) is 33.6 Å². The first-order valence-corrected chi connectivity index (χ1v) is 18.1. The summed E-state index contributed by atoms with van der Waals surface area (Å²) in [4.78, 5) is 13.6. The first-order chi connectivity index (χ1) is 19.8. The molecule has 42 heavy (non-hydrogen) atoms. The predicted molar refractivity (Wildman–Crippen MR) is 174 cm³/mol. The number of pyridine rings is 3. The number of benzene rings is 2. The van der Waals surface area contributed by atoms with Crippen LogP contribution in [-0.4, -0.2) is 23.0 Å². The van der Waals surface area contributed by atoms with E-state index >= 15 is 0 Å². The van der Waals surface area contributed by atoms with Gasteiger partial charge in [-0.1, -0.05) is 86.6 Å². The van der Waals surface area contributed by atoms with Crippen LogP contribution in [0.5, 0.6) is 0 Å². The molecule has 3 heterocycles. The summed E-state index contributed by atoms with van der Waals surface area (Å²) in [5, 5.41) is 1.55. The molecule has 0 N–H and O–H groups in total. The monoisotopic (exact) mass is 746 g/mol. The smallest absolute Gasteiger partial charge is 0.0799 e. The minimum Gasteiger partial charge on any atom is -0.320 e. The van der Waals surface area contributed by atoms with E-state index in [0.717, 1.165) is 45.4 Å². The molecule has 0 saturated heterocycles. The van der Waals surface area contributed by atoms with Crippen LogP contribution >= 0.6 is 0 Å². The van der Waals surface area contributed by atoms with Gasteiger partial charge in [0.15, 0.2) is 0 Å². The van der Waals surface area contributed by atoms with Gasteiger partial charge in [-0.15, -0.1) is 42.0 Å². The van der Waals surface area contributed by atoms with Crippen molar-refractivity contribution in [1.82, 2.24) is 15.0 Å². The maximum absolute atomic E-state index is 4.75. The average molecular weight is 746 g/mol. The molecule has 2 aromatic carbocycles. The van der Waals surface area contributed by atoms with Crippen molar-refractivity contribution in [3.8, 4) is 33.6 Å². The molecule has 5 aromatic rings. The molecule has 0 unspecified atom stereocenters. The Morgan fingerprint density at radius 2 is 1.45 bits per heavy atom. The number of rotatable bonds is 5. The van der Waals surface area contributed by atoms with Gasteiger partial charge in [-0.2, -0.15) is 11.6 Å². The van der Waals surface area contributed by atoms with E-state index in [4.69, 9.17) is 4.98 Å². The van der Waals surface area contributed by atoms with Crippen LogP contribution in [-0.2, 0) is 20.1 Å². The van der Waals surface area contributed by atoms with Crippen LogP contribution < -0.4 is 5.19 Å². The first kappa shape index (κ1) is 31.7. The van der Waals surface area contributed by atoms with Crippen molar-refractivity contribution < 1.29 is 20.1 Å². The molecule has 0 amide bonds. The van der Waals surface area contributed by atoms with E-state index in [9.17, 15) is 0 Å². The zero-order chi connectivity index (χ0) is 28.8. The summed E-state index contributed by atoms with van der Waals surface area (Å²) in [5.74, 6) is 0.747. The largest absolute Gasteiger partial charge is 0.320 e. The number of aryl methyl sites for hydroxylation is 2. The van der Waals surface area contributed by atoms with E-state index in [2.05, 4.69) is 84.3 Å². The van der Waals surface area contributed by atoms with Gasteiger partial charge >= 0.3 is 0 Å². The van der Waals surface area contributed by atoms with Gasteiger partial charge < -0.3 is 9.97 Å². The normalized spacial score (nSPS) is 13.2. The Hall–Kier alpha value is -3.24. The fraction of sp³-hybridized carbons (Fsp3) is 0.270. The van der Waals surface area contributed by atoms with E-state index in [1.807, 2.05) is 62.5 Å². The van der Waals surface area contributed by atoms with Crippen molar-refractivity contribution in [1.29, 1.82) is 0 Å². The summed E-state index contributed by atoms with van der Waals surface area (Å²) in [7, 11) is -1.34. The van der Waals surface area contributed by atoms with Crippen LogP contribution in [0.4, 0.5) is 0 Å². The third kappa shape index (κ3) is 7.98. The Labute approximate surface area is 266 Å². The molecule has 3 aromatic heterocycles. The molecule has 0 bridgehead atoms. The molecule has 217 valence electrons. The zero-order valence-electron chi connectivity index (χ0n) is 25.2.